The zero-order chi connectivity index (χ0) is 18.8. The predicted octanol–water partition coefficient (Wildman–Crippen LogP) is 3.96. The first-order valence-corrected chi connectivity index (χ1v) is 8.90. The van der Waals surface area contributed by atoms with Gasteiger partial charge in [-0.25, -0.2) is 4.98 Å². The van der Waals surface area contributed by atoms with Crippen LogP contribution in [0.3, 0.4) is 0 Å². The molecule has 0 fully saturated rings. The molecule has 0 aliphatic carbocycles. The molecule has 0 radical (unpaired) electrons. The number of pyridine rings is 1. The molecule has 4 rings (SSSR count). The van der Waals surface area contributed by atoms with Crippen molar-refractivity contribution >= 4 is 36.4 Å². The molecular weight excluding hydrogens is 413 g/mol. The Morgan fingerprint density at radius 1 is 1.17 bits per heavy atom. The van der Waals surface area contributed by atoms with Crippen molar-refractivity contribution in [1.29, 1.82) is 0 Å². The highest BCUT2D eigenvalue weighted by molar-refractivity contribution is 6.04. The number of carbonyl (C=O) groups is 1. The molecular formula is C20H23Cl2N5O2. The van der Waals surface area contributed by atoms with Gasteiger partial charge in [0.2, 0.25) is 5.88 Å². The summed E-state index contributed by atoms with van der Waals surface area (Å²) in [5.41, 5.74) is 5.00. The lowest BCUT2D eigenvalue weighted by atomic mass is 10.1. The highest BCUT2D eigenvalue weighted by atomic mass is 35.5. The number of hydrogen-bond donors (Lipinski definition) is 3. The van der Waals surface area contributed by atoms with E-state index in [0.717, 1.165) is 35.3 Å². The highest BCUT2D eigenvalue weighted by Gasteiger charge is 2.22. The van der Waals surface area contributed by atoms with E-state index in [1.807, 2.05) is 32.0 Å². The lowest BCUT2D eigenvalue weighted by molar-refractivity contribution is 0.102. The van der Waals surface area contributed by atoms with Crippen LogP contribution in [0.15, 0.2) is 36.5 Å². The molecule has 9 heteroatoms. The summed E-state index contributed by atoms with van der Waals surface area (Å²) in [6.07, 6.45) is 2.47. The van der Waals surface area contributed by atoms with Crippen LogP contribution in [0, 0.1) is 13.8 Å². The smallest absolute Gasteiger partial charge is 0.276 e. The first kappa shape index (κ1) is 22.7. The Morgan fingerprint density at radius 3 is 2.83 bits per heavy atom. The van der Waals surface area contributed by atoms with Crippen LogP contribution in [-0.4, -0.2) is 27.6 Å². The third kappa shape index (κ3) is 4.70. The molecule has 1 amide bonds. The summed E-state index contributed by atoms with van der Waals surface area (Å²) in [7, 11) is 0. The third-order valence-corrected chi connectivity index (χ3v) is 4.80. The maximum absolute atomic E-state index is 12.8. The molecule has 0 bridgehead atoms. The van der Waals surface area contributed by atoms with Crippen molar-refractivity contribution in [2.75, 3.05) is 11.9 Å². The van der Waals surface area contributed by atoms with Crippen LogP contribution in [0.25, 0.3) is 0 Å². The standard InChI is InChI=1S/C20H21N5O2.2ClH/c1-12-5-3-7-17(13(12)2)27-20-16(6-4-9-22-20)23-19(26)18-14-11-21-10-8-15(14)24-25-18;;/h3-7,9,21H,8,10-11H2,1-2H3,(H,23,26)(H,24,25);2*1H. The quantitative estimate of drug-likeness (QED) is 0.576. The number of fused-ring (bicyclic) bond motifs is 1. The lowest BCUT2D eigenvalue weighted by Gasteiger charge is -2.14. The van der Waals surface area contributed by atoms with Crippen LogP contribution < -0.4 is 15.4 Å². The Kier molecular flexibility index (Phi) is 7.61. The summed E-state index contributed by atoms with van der Waals surface area (Å²) in [5.74, 6) is 0.780. The van der Waals surface area contributed by atoms with Crippen molar-refractivity contribution in [2.45, 2.75) is 26.8 Å². The van der Waals surface area contributed by atoms with E-state index < -0.39 is 0 Å². The van der Waals surface area contributed by atoms with Crippen LogP contribution in [0.2, 0.25) is 0 Å². The zero-order valence-corrected chi connectivity index (χ0v) is 17.7. The Bertz CT molecular complexity index is 1010. The number of anilines is 1. The van der Waals surface area contributed by atoms with Crippen molar-refractivity contribution < 1.29 is 9.53 Å². The summed E-state index contributed by atoms with van der Waals surface area (Å²) >= 11 is 0. The molecule has 29 heavy (non-hydrogen) atoms. The second-order valence-electron chi connectivity index (χ2n) is 6.57. The van der Waals surface area contributed by atoms with Gasteiger partial charge in [-0.05, 0) is 43.2 Å². The predicted molar refractivity (Wildman–Crippen MR) is 117 cm³/mol. The average Bonchev–Trinajstić information content (AvgIpc) is 3.11. The molecule has 2 aromatic heterocycles. The van der Waals surface area contributed by atoms with E-state index in [9.17, 15) is 4.79 Å². The first-order valence-electron chi connectivity index (χ1n) is 8.90. The summed E-state index contributed by atoms with van der Waals surface area (Å²) < 4.78 is 5.99. The second kappa shape index (κ2) is 9.73. The monoisotopic (exact) mass is 435 g/mol. The van der Waals surface area contributed by atoms with Crippen LogP contribution in [0.4, 0.5) is 5.69 Å². The number of amides is 1. The average molecular weight is 436 g/mol. The number of H-pyrrole nitrogens is 1. The number of carbonyl (C=O) groups excluding carboxylic acids is 1. The summed E-state index contributed by atoms with van der Waals surface area (Å²) in [6.45, 7) is 5.53. The van der Waals surface area contributed by atoms with Gasteiger partial charge in [-0.1, -0.05) is 12.1 Å². The first-order chi connectivity index (χ1) is 13.1. The SMILES string of the molecule is Cc1cccc(Oc2ncccc2NC(=O)c2n[nH]c3c2CNCC3)c1C.Cl.Cl. The fourth-order valence-electron chi connectivity index (χ4n) is 3.10. The van der Waals surface area contributed by atoms with E-state index in [4.69, 9.17) is 4.74 Å². The molecule has 3 aromatic rings. The minimum Gasteiger partial charge on any atom is -0.437 e. The van der Waals surface area contributed by atoms with E-state index in [1.54, 1.807) is 18.3 Å². The number of benzene rings is 1. The van der Waals surface area contributed by atoms with E-state index >= 15 is 0 Å². The minimum absolute atomic E-state index is 0. The molecule has 0 atom stereocenters. The maximum Gasteiger partial charge on any atom is 0.276 e. The van der Waals surface area contributed by atoms with Gasteiger partial charge in [0.15, 0.2) is 5.69 Å². The van der Waals surface area contributed by atoms with Gasteiger partial charge in [-0.2, -0.15) is 5.10 Å². The molecule has 1 aliphatic heterocycles. The van der Waals surface area contributed by atoms with Crippen LogP contribution in [0.1, 0.15) is 32.9 Å². The molecule has 0 unspecified atom stereocenters. The Morgan fingerprint density at radius 2 is 2.00 bits per heavy atom. The van der Waals surface area contributed by atoms with Crippen molar-refractivity contribution in [2.24, 2.45) is 0 Å². The topological polar surface area (TPSA) is 91.9 Å². The van der Waals surface area contributed by atoms with E-state index in [1.165, 1.54) is 0 Å². The normalized spacial score (nSPS) is 12.2. The number of rotatable bonds is 4. The number of nitrogens with one attached hydrogen (secondary N) is 3. The number of aromatic nitrogens is 3. The van der Waals surface area contributed by atoms with Crippen molar-refractivity contribution in [1.82, 2.24) is 20.5 Å². The lowest BCUT2D eigenvalue weighted by Crippen LogP contribution is -2.25. The second-order valence-corrected chi connectivity index (χ2v) is 6.57. The van der Waals surface area contributed by atoms with E-state index in [2.05, 4.69) is 25.8 Å². The zero-order valence-electron chi connectivity index (χ0n) is 16.1. The third-order valence-electron chi connectivity index (χ3n) is 4.80. The van der Waals surface area contributed by atoms with E-state index in [-0.39, 0.29) is 30.7 Å². The number of aryl methyl sites for hydroxylation is 1. The summed E-state index contributed by atoms with van der Waals surface area (Å²) in [5, 5.41) is 13.3. The molecule has 0 spiro atoms. The molecule has 1 aliphatic rings. The molecule has 3 N–H and O–H groups in total. The highest BCUT2D eigenvalue weighted by Crippen LogP contribution is 2.30. The number of halogens is 2. The number of ether oxygens (including phenoxy) is 1. The van der Waals surface area contributed by atoms with Crippen molar-refractivity contribution in [3.05, 3.63) is 64.6 Å². The van der Waals surface area contributed by atoms with Gasteiger partial charge in [0.25, 0.3) is 5.91 Å². The molecule has 7 nitrogen and oxygen atoms in total. The molecule has 154 valence electrons. The van der Waals surface area contributed by atoms with Crippen LogP contribution in [-0.2, 0) is 13.0 Å². The van der Waals surface area contributed by atoms with Crippen LogP contribution in [0.5, 0.6) is 11.6 Å². The minimum atomic E-state index is -0.282. The largest absolute Gasteiger partial charge is 0.437 e. The van der Waals surface area contributed by atoms with Crippen molar-refractivity contribution in [3.63, 3.8) is 0 Å². The van der Waals surface area contributed by atoms with Crippen molar-refractivity contribution in [3.8, 4) is 11.6 Å². The van der Waals surface area contributed by atoms with Gasteiger partial charge in [-0.15, -0.1) is 24.8 Å². The van der Waals surface area contributed by atoms with Gasteiger partial charge >= 0.3 is 0 Å². The fourth-order valence-corrected chi connectivity index (χ4v) is 3.10. The fraction of sp³-hybridized carbons (Fsp3) is 0.250. The van der Waals surface area contributed by atoms with Gasteiger partial charge < -0.3 is 15.4 Å². The molecule has 0 saturated heterocycles. The number of hydrogen-bond acceptors (Lipinski definition) is 5. The number of aromatic amines is 1. The van der Waals surface area contributed by atoms with Gasteiger partial charge in [-0.3, -0.25) is 9.89 Å². The molecule has 3 heterocycles. The Hall–Kier alpha value is -2.61. The van der Waals surface area contributed by atoms with Crippen LogP contribution >= 0.6 is 24.8 Å². The van der Waals surface area contributed by atoms with E-state index in [0.29, 0.717) is 29.6 Å². The van der Waals surface area contributed by atoms with Gasteiger partial charge in [0.05, 0.1) is 0 Å². The molecule has 0 saturated carbocycles. The summed E-state index contributed by atoms with van der Waals surface area (Å²) in [6, 6.07) is 9.37. The number of nitrogens with zero attached hydrogens (tertiary/aromatic N) is 2. The molecule has 1 aromatic carbocycles. The Balaban J connectivity index is 0.00000150. The van der Waals surface area contributed by atoms with Gasteiger partial charge in [0.1, 0.15) is 11.4 Å². The summed E-state index contributed by atoms with van der Waals surface area (Å²) in [4.78, 5) is 17.1. The Labute approximate surface area is 181 Å². The maximum atomic E-state index is 12.8. The van der Waals surface area contributed by atoms with Gasteiger partial charge in [0, 0.05) is 37.0 Å².